The standard InChI is InChI=1S/C28H37NO4/c1-26(2)11-12-28(33-25(26)30)10-8-23-21-6-5-18-16-24(32-14-13-31-4)19(17-29)15-22(18)20(21)7-9-27(23,28)3/h15-16,20-21,23H,5-14H2,1-4H3/t20-,21+,23-,27-,28+/m0/s1. The molecule has 3 fully saturated rings. The summed E-state index contributed by atoms with van der Waals surface area (Å²) in [6.45, 7) is 7.41. The molecule has 5 heteroatoms. The van der Waals surface area contributed by atoms with Crippen molar-refractivity contribution in [2.75, 3.05) is 20.3 Å². The van der Waals surface area contributed by atoms with Crippen molar-refractivity contribution >= 4 is 5.97 Å². The van der Waals surface area contributed by atoms with Gasteiger partial charge in [-0.25, -0.2) is 0 Å². The van der Waals surface area contributed by atoms with Crippen LogP contribution < -0.4 is 4.74 Å². The molecule has 1 saturated heterocycles. The van der Waals surface area contributed by atoms with E-state index in [1.807, 2.05) is 13.8 Å². The van der Waals surface area contributed by atoms with E-state index in [1.165, 1.54) is 11.1 Å². The molecule has 3 aliphatic carbocycles. The van der Waals surface area contributed by atoms with E-state index in [4.69, 9.17) is 14.2 Å². The first-order chi connectivity index (χ1) is 15.7. The van der Waals surface area contributed by atoms with E-state index in [0.717, 1.165) is 51.4 Å². The molecule has 1 aromatic rings. The zero-order valence-electron chi connectivity index (χ0n) is 20.5. The molecule has 0 unspecified atom stereocenters. The average molecular weight is 452 g/mol. The van der Waals surface area contributed by atoms with Gasteiger partial charge >= 0.3 is 5.97 Å². The summed E-state index contributed by atoms with van der Waals surface area (Å²) < 4.78 is 17.3. The summed E-state index contributed by atoms with van der Waals surface area (Å²) in [7, 11) is 1.65. The number of aryl methyl sites for hydroxylation is 1. The highest BCUT2D eigenvalue weighted by Gasteiger charge is 2.65. The minimum atomic E-state index is -0.364. The molecule has 4 aliphatic rings. The monoisotopic (exact) mass is 451 g/mol. The molecule has 1 spiro atoms. The highest BCUT2D eigenvalue weighted by atomic mass is 16.6. The van der Waals surface area contributed by atoms with Crippen LogP contribution in [0.15, 0.2) is 12.1 Å². The summed E-state index contributed by atoms with van der Waals surface area (Å²) >= 11 is 0. The van der Waals surface area contributed by atoms with Gasteiger partial charge in [-0.05, 0) is 106 Å². The van der Waals surface area contributed by atoms with Crippen LogP contribution in [0.25, 0.3) is 0 Å². The zero-order valence-corrected chi connectivity index (χ0v) is 20.5. The third kappa shape index (κ3) is 3.40. The fourth-order valence-corrected chi connectivity index (χ4v) is 7.69. The third-order valence-electron chi connectivity index (χ3n) is 9.77. The topological polar surface area (TPSA) is 68.5 Å². The van der Waals surface area contributed by atoms with Gasteiger partial charge in [-0.15, -0.1) is 0 Å². The highest BCUT2D eigenvalue weighted by Crippen LogP contribution is 2.67. The molecule has 0 bridgehead atoms. The van der Waals surface area contributed by atoms with Crippen molar-refractivity contribution in [3.05, 3.63) is 28.8 Å². The lowest BCUT2D eigenvalue weighted by molar-refractivity contribution is -0.206. The van der Waals surface area contributed by atoms with Crippen molar-refractivity contribution in [3.63, 3.8) is 0 Å². The van der Waals surface area contributed by atoms with Gasteiger partial charge in [0, 0.05) is 12.5 Å². The number of rotatable bonds is 4. The number of carbonyl (C=O) groups is 1. The van der Waals surface area contributed by atoms with E-state index in [2.05, 4.69) is 25.1 Å². The van der Waals surface area contributed by atoms with Crippen molar-refractivity contribution in [2.45, 2.75) is 83.7 Å². The van der Waals surface area contributed by atoms with Crippen molar-refractivity contribution in [2.24, 2.45) is 22.7 Å². The lowest BCUT2D eigenvalue weighted by atomic mass is 9.52. The molecular formula is C28H37NO4. The number of esters is 1. The Balaban J connectivity index is 1.42. The van der Waals surface area contributed by atoms with Gasteiger partial charge in [-0.3, -0.25) is 4.79 Å². The van der Waals surface area contributed by atoms with E-state index in [0.29, 0.717) is 42.3 Å². The number of ether oxygens (including phenoxy) is 3. The lowest BCUT2D eigenvalue weighted by Gasteiger charge is -2.56. The van der Waals surface area contributed by atoms with Gasteiger partial charge in [0.2, 0.25) is 0 Å². The van der Waals surface area contributed by atoms with Crippen LogP contribution >= 0.6 is 0 Å². The number of nitrogens with zero attached hydrogens (tertiary/aromatic N) is 1. The Hall–Kier alpha value is -2.06. The maximum absolute atomic E-state index is 12.9. The Morgan fingerprint density at radius 1 is 1.09 bits per heavy atom. The van der Waals surface area contributed by atoms with Crippen molar-refractivity contribution in [3.8, 4) is 11.8 Å². The van der Waals surface area contributed by atoms with E-state index >= 15 is 0 Å². The molecule has 2 saturated carbocycles. The maximum Gasteiger partial charge on any atom is 0.312 e. The second-order valence-electron chi connectivity index (χ2n) is 11.7. The minimum Gasteiger partial charge on any atom is -0.490 e. The van der Waals surface area contributed by atoms with Crippen LogP contribution in [-0.4, -0.2) is 31.9 Å². The van der Waals surface area contributed by atoms with Gasteiger partial charge in [0.15, 0.2) is 0 Å². The Morgan fingerprint density at radius 2 is 1.91 bits per heavy atom. The van der Waals surface area contributed by atoms with Gasteiger partial charge in [0.25, 0.3) is 0 Å². The Kier molecular flexibility index (Phi) is 5.52. The lowest BCUT2D eigenvalue weighted by Crippen LogP contribution is -2.56. The average Bonchev–Trinajstić information content (AvgIpc) is 3.08. The Bertz CT molecular complexity index is 994. The summed E-state index contributed by atoms with van der Waals surface area (Å²) in [6, 6.07) is 6.57. The molecule has 5 atom stereocenters. The van der Waals surface area contributed by atoms with Crippen LogP contribution in [-0.2, 0) is 20.7 Å². The van der Waals surface area contributed by atoms with Crippen molar-refractivity contribution in [1.82, 2.24) is 0 Å². The van der Waals surface area contributed by atoms with E-state index in [1.54, 1.807) is 7.11 Å². The van der Waals surface area contributed by atoms with Gasteiger partial charge < -0.3 is 14.2 Å². The Morgan fingerprint density at radius 3 is 2.64 bits per heavy atom. The molecular weight excluding hydrogens is 414 g/mol. The van der Waals surface area contributed by atoms with Gasteiger partial charge in [0.1, 0.15) is 24.0 Å². The van der Waals surface area contributed by atoms with Crippen LogP contribution in [0, 0.1) is 34.0 Å². The second-order valence-corrected chi connectivity index (χ2v) is 11.7. The van der Waals surface area contributed by atoms with Crippen LogP contribution in [0.1, 0.15) is 88.3 Å². The van der Waals surface area contributed by atoms with Gasteiger partial charge in [-0.1, -0.05) is 6.92 Å². The van der Waals surface area contributed by atoms with Crippen LogP contribution in [0.4, 0.5) is 0 Å². The zero-order chi connectivity index (χ0) is 23.4. The van der Waals surface area contributed by atoms with E-state index < -0.39 is 0 Å². The maximum atomic E-state index is 12.9. The number of hydrogen-bond acceptors (Lipinski definition) is 5. The van der Waals surface area contributed by atoms with Gasteiger partial charge in [-0.2, -0.15) is 5.26 Å². The molecule has 33 heavy (non-hydrogen) atoms. The molecule has 0 radical (unpaired) electrons. The molecule has 0 aromatic heterocycles. The predicted molar refractivity (Wildman–Crippen MR) is 125 cm³/mol. The van der Waals surface area contributed by atoms with E-state index in [-0.39, 0.29) is 22.4 Å². The fraction of sp³-hybridized carbons (Fsp3) is 0.714. The fourth-order valence-electron chi connectivity index (χ4n) is 7.69. The Labute approximate surface area is 197 Å². The molecule has 1 aliphatic heterocycles. The molecule has 1 heterocycles. The van der Waals surface area contributed by atoms with Crippen LogP contribution in [0.2, 0.25) is 0 Å². The van der Waals surface area contributed by atoms with Crippen molar-refractivity contribution in [1.29, 1.82) is 5.26 Å². The normalized spacial score (nSPS) is 36.3. The summed E-state index contributed by atoms with van der Waals surface area (Å²) in [4.78, 5) is 12.9. The minimum absolute atomic E-state index is 0.00796. The first kappa shape index (κ1) is 22.7. The smallest absolute Gasteiger partial charge is 0.312 e. The molecule has 0 amide bonds. The number of benzene rings is 1. The molecule has 178 valence electrons. The number of methoxy groups -OCH3 is 1. The third-order valence-corrected chi connectivity index (χ3v) is 9.77. The summed E-state index contributed by atoms with van der Waals surface area (Å²) in [5.41, 5.74) is 2.73. The number of carbonyl (C=O) groups excluding carboxylic acids is 1. The highest BCUT2D eigenvalue weighted by molar-refractivity contribution is 5.77. The van der Waals surface area contributed by atoms with Crippen LogP contribution in [0.3, 0.4) is 0 Å². The SMILES string of the molecule is COCCOc1cc2c(cc1C#N)[C@H]1CC[C@@]3(C)[C@@H](CC[C@@]34CCC(C)(C)C(=O)O4)[C@@H]1CC2. The number of fused-ring (bicyclic) bond motifs is 6. The number of hydrogen-bond donors (Lipinski definition) is 0. The van der Waals surface area contributed by atoms with Crippen molar-refractivity contribution < 1.29 is 19.0 Å². The first-order valence-corrected chi connectivity index (χ1v) is 12.7. The van der Waals surface area contributed by atoms with E-state index in [9.17, 15) is 10.1 Å². The quantitative estimate of drug-likeness (QED) is 0.444. The summed E-state index contributed by atoms with van der Waals surface area (Å²) in [5, 5.41) is 9.79. The van der Waals surface area contributed by atoms with Crippen LogP contribution in [0.5, 0.6) is 5.75 Å². The number of nitriles is 1. The summed E-state index contributed by atoms with van der Waals surface area (Å²) in [5.74, 6) is 2.32. The molecule has 0 N–H and O–H groups in total. The summed E-state index contributed by atoms with van der Waals surface area (Å²) in [6.07, 6.45) is 8.43. The molecule has 5 nitrogen and oxygen atoms in total. The molecule has 5 rings (SSSR count). The van der Waals surface area contributed by atoms with Gasteiger partial charge in [0.05, 0.1) is 17.6 Å². The predicted octanol–water partition coefficient (Wildman–Crippen LogP) is 5.54. The second kappa shape index (κ2) is 8.01. The largest absolute Gasteiger partial charge is 0.490 e. The first-order valence-electron chi connectivity index (χ1n) is 12.7. The molecule has 1 aromatic carbocycles.